The lowest BCUT2D eigenvalue weighted by atomic mass is 10.3. The Morgan fingerprint density at radius 2 is 2.12 bits per heavy atom. The minimum atomic E-state index is 0.486. The Balaban J connectivity index is 2.50. The molecule has 1 heterocycles. The van der Waals surface area contributed by atoms with Crippen LogP contribution < -0.4 is 5.32 Å². The standard InChI is InChI=1S/C12H22N4/c1-10(2)14-9-11-5-7-13-12(15-11)6-8-16(3)4/h5,7,10,14H,6,8-9H2,1-4H3. The highest BCUT2D eigenvalue weighted by Gasteiger charge is 2.01. The van der Waals surface area contributed by atoms with E-state index >= 15 is 0 Å². The number of hydrogen-bond acceptors (Lipinski definition) is 4. The molecule has 0 fully saturated rings. The van der Waals surface area contributed by atoms with Crippen LogP contribution in [0, 0.1) is 0 Å². The van der Waals surface area contributed by atoms with Crippen LogP contribution in [0.4, 0.5) is 0 Å². The molecule has 1 N–H and O–H groups in total. The van der Waals surface area contributed by atoms with Crippen molar-refractivity contribution in [3.63, 3.8) is 0 Å². The summed E-state index contributed by atoms with van der Waals surface area (Å²) < 4.78 is 0. The Hall–Kier alpha value is -1.00. The average molecular weight is 222 g/mol. The fourth-order valence-electron chi connectivity index (χ4n) is 1.29. The van der Waals surface area contributed by atoms with E-state index in [0.29, 0.717) is 6.04 Å². The zero-order valence-corrected chi connectivity index (χ0v) is 10.7. The summed E-state index contributed by atoms with van der Waals surface area (Å²) in [5, 5.41) is 3.35. The molecule has 0 aliphatic carbocycles. The third-order valence-electron chi connectivity index (χ3n) is 2.24. The molecule has 0 aliphatic rings. The lowest BCUT2D eigenvalue weighted by molar-refractivity contribution is 0.409. The van der Waals surface area contributed by atoms with Gasteiger partial charge in [-0.05, 0) is 20.2 Å². The molecule has 90 valence electrons. The lowest BCUT2D eigenvalue weighted by Gasteiger charge is -2.10. The van der Waals surface area contributed by atoms with E-state index in [4.69, 9.17) is 0 Å². The molecule has 0 saturated carbocycles. The van der Waals surface area contributed by atoms with E-state index in [1.165, 1.54) is 0 Å². The number of hydrogen-bond donors (Lipinski definition) is 1. The van der Waals surface area contributed by atoms with Gasteiger partial charge in [0.2, 0.25) is 0 Å². The van der Waals surface area contributed by atoms with E-state index in [1.807, 2.05) is 12.3 Å². The maximum Gasteiger partial charge on any atom is 0.129 e. The number of rotatable bonds is 6. The molecule has 0 radical (unpaired) electrons. The van der Waals surface area contributed by atoms with Crippen molar-refractivity contribution in [3.8, 4) is 0 Å². The van der Waals surface area contributed by atoms with Gasteiger partial charge in [0.25, 0.3) is 0 Å². The van der Waals surface area contributed by atoms with Gasteiger partial charge in [-0.15, -0.1) is 0 Å². The first-order valence-corrected chi connectivity index (χ1v) is 5.77. The molecular formula is C12H22N4. The Bertz CT molecular complexity index is 282. The molecule has 0 atom stereocenters. The molecule has 0 saturated heterocycles. The van der Waals surface area contributed by atoms with E-state index in [2.05, 4.69) is 48.1 Å². The Morgan fingerprint density at radius 1 is 1.38 bits per heavy atom. The summed E-state index contributed by atoms with van der Waals surface area (Å²) in [6, 6.07) is 2.45. The maximum atomic E-state index is 4.52. The SMILES string of the molecule is CC(C)NCc1ccnc(CCN(C)C)n1. The summed E-state index contributed by atoms with van der Waals surface area (Å²) in [4.78, 5) is 10.9. The second kappa shape index (κ2) is 6.55. The van der Waals surface area contributed by atoms with Crippen LogP contribution in [0.5, 0.6) is 0 Å². The second-order valence-electron chi connectivity index (χ2n) is 4.55. The normalized spacial score (nSPS) is 11.4. The van der Waals surface area contributed by atoms with E-state index in [0.717, 1.165) is 31.0 Å². The maximum absolute atomic E-state index is 4.52. The van der Waals surface area contributed by atoms with E-state index < -0.39 is 0 Å². The minimum Gasteiger partial charge on any atom is -0.309 e. The Morgan fingerprint density at radius 3 is 2.75 bits per heavy atom. The van der Waals surface area contributed by atoms with Crippen molar-refractivity contribution in [2.45, 2.75) is 32.9 Å². The van der Waals surface area contributed by atoms with Crippen molar-refractivity contribution in [1.29, 1.82) is 0 Å². The predicted molar refractivity (Wildman–Crippen MR) is 66.3 cm³/mol. The van der Waals surface area contributed by atoms with Gasteiger partial charge in [-0.2, -0.15) is 0 Å². The molecule has 16 heavy (non-hydrogen) atoms. The fourth-order valence-corrected chi connectivity index (χ4v) is 1.29. The molecule has 1 aromatic rings. The van der Waals surface area contributed by atoms with Crippen molar-refractivity contribution in [1.82, 2.24) is 20.2 Å². The minimum absolute atomic E-state index is 0.486. The average Bonchev–Trinajstić information content (AvgIpc) is 2.24. The number of aromatic nitrogens is 2. The van der Waals surface area contributed by atoms with Gasteiger partial charge < -0.3 is 10.2 Å². The molecule has 0 amide bonds. The van der Waals surface area contributed by atoms with Crippen LogP contribution in [0.15, 0.2) is 12.3 Å². The highest BCUT2D eigenvalue weighted by molar-refractivity contribution is 5.02. The van der Waals surface area contributed by atoms with Crippen LogP contribution in [0.1, 0.15) is 25.4 Å². The first-order chi connectivity index (χ1) is 7.58. The van der Waals surface area contributed by atoms with Crippen LogP contribution in [-0.2, 0) is 13.0 Å². The fraction of sp³-hybridized carbons (Fsp3) is 0.667. The van der Waals surface area contributed by atoms with Gasteiger partial charge in [0.1, 0.15) is 5.82 Å². The molecule has 0 aliphatic heterocycles. The van der Waals surface area contributed by atoms with Gasteiger partial charge in [0.15, 0.2) is 0 Å². The number of likely N-dealkylation sites (N-methyl/N-ethyl adjacent to an activating group) is 1. The van der Waals surface area contributed by atoms with Gasteiger partial charge in [-0.1, -0.05) is 13.8 Å². The summed E-state index contributed by atoms with van der Waals surface area (Å²) in [5.74, 6) is 0.928. The molecule has 1 aromatic heterocycles. The summed E-state index contributed by atoms with van der Waals surface area (Å²) in [7, 11) is 4.12. The Kier molecular flexibility index (Phi) is 5.35. The monoisotopic (exact) mass is 222 g/mol. The topological polar surface area (TPSA) is 41.1 Å². The van der Waals surface area contributed by atoms with E-state index in [9.17, 15) is 0 Å². The highest BCUT2D eigenvalue weighted by Crippen LogP contribution is 1.97. The summed E-state index contributed by atoms with van der Waals surface area (Å²) >= 11 is 0. The molecule has 0 spiro atoms. The van der Waals surface area contributed by atoms with E-state index in [1.54, 1.807) is 0 Å². The summed E-state index contributed by atoms with van der Waals surface area (Å²) in [6.45, 7) is 6.07. The van der Waals surface area contributed by atoms with Gasteiger partial charge in [-0.3, -0.25) is 0 Å². The van der Waals surface area contributed by atoms with Crippen molar-refractivity contribution >= 4 is 0 Å². The molecule has 4 nitrogen and oxygen atoms in total. The van der Waals surface area contributed by atoms with Crippen molar-refractivity contribution in [2.75, 3.05) is 20.6 Å². The second-order valence-corrected chi connectivity index (χ2v) is 4.55. The third kappa shape index (κ3) is 5.19. The van der Waals surface area contributed by atoms with Gasteiger partial charge in [0.05, 0.1) is 5.69 Å². The number of nitrogens with zero attached hydrogens (tertiary/aromatic N) is 3. The molecule has 0 bridgehead atoms. The molecular weight excluding hydrogens is 200 g/mol. The van der Waals surface area contributed by atoms with Crippen LogP contribution in [0.3, 0.4) is 0 Å². The van der Waals surface area contributed by atoms with Crippen LogP contribution >= 0.6 is 0 Å². The van der Waals surface area contributed by atoms with Crippen molar-refractivity contribution in [3.05, 3.63) is 23.8 Å². The molecule has 0 aromatic carbocycles. The van der Waals surface area contributed by atoms with Gasteiger partial charge >= 0.3 is 0 Å². The van der Waals surface area contributed by atoms with Gasteiger partial charge in [0, 0.05) is 31.7 Å². The van der Waals surface area contributed by atoms with Crippen molar-refractivity contribution < 1.29 is 0 Å². The third-order valence-corrected chi connectivity index (χ3v) is 2.24. The molecule has 1 rings (SSSR count). The summed E-state index contributed by atoms with van der Waals surface area (Å²) in [5.41, 5.74) is 1.07. The largest absolute Gasteiger partial charge is 0.309 e. The van der Waals surface area contributed by atoms with Crippen LogP contribution in [0.2, 0.25) is 0 Å². The zero-order chi connectivity index (χ0) is 12.0. The van der Waals surface area contributed by atoms with Crippen molar-refractivity contribution in [2.24, 2.45) is 0 Å². The zero-order valence-electron chi connectivity index (χ0n) is 10.7. The number of nitrogens with one attached hydrogen (secondary N) is 1. The Labute approximate surface area is 98.1 Å². The lowest BCUT2D eigenvalue weighted by Crippen LogP contribution is -2.23. The smallest absolute Gasteiger partial charge is 0.129 e. The molecule has 4 heteroatoms. The van der Waals surface area contributed by atoms with E-state index in [-0.39, 0.29) is 0 Å². The molecule has 0 unspecified atom stereocenters. The quantitative estimate of drug-likeness (QED) is 0.782. The first-order valence-electron chi connectivity index (χ1n) is 5.77. The van der Waals surface area contributed by atoms with Crippen LogP contribution in [0.25, 0.3) is 0 Å². The first kappa shape index (κ1) is 13.1. The predicted octanol–water partition coefficient (Wildman–Crippen LogP) is 1.08. The highest BCUT2D eigenvalue weighted by atomic mass is 15.1. The van der Waals surface area contributed by atoms with Crippen LogP contribution in [-0.4, -0.2) is 41.5 Å². The van der Waals surface area contributed by atoms with Gasteiger partial charge in [-0.25, -0.2) is 9.97 Å². The summed E-state index contributed by atoms with van der Waals surface area (Å²) in [6.07, 6.45) is 2.75.